The van der Waals surface area contributed by atoms with Crippen LogP contribution in [0.1, 0.15) is 33.4 Å². The van der Waals surface area contributed by atoms with E-state index in [-0.39, 0.29) is 0 Å². The topological polar surface area (TPSA) is 55.1 Å². The molecule has 3 rings (SSSR count). The quantitative estimate of drug-likeness (QED) is 0.753. The molecule has 0 atom stereocenters. The third-order valence-corrected chi connectivity index (χ3v) is 4.37. The van der Waals surface area contributed by atoms with Crippen molar-refractivity contribution in [2.24, 2.45) is 0 Å². The number of pyridine rings is 1. The highest BCUT2D eigenvalue weighted by Crippen LogP contribution is 2.36. The molecule has 5 heteroatoms. The Bertz CT molecular complexity index is 734. The van der Waals surface area contributed by atoms with Gasteiger partial charge in [-0.1, -0.05) is 18.2 Å². The minimum absolute atomic E-state index is 0.395. The lowest BCUT2D eigenvalue weighted by molar-refractivity contribution is 0.00578. The van der Waals surface area contributed by atoms with Gasteiger partial charge in [-0.25, -0.2) is 4.98 Å². The zero-order chi connectivity index (χ0) is 15.3. The number of nitrogens with zero attached hydrogens (tertiary/aromatic N) is 2. The third-order valence-electron chi connectivity index (χ3n) is 4.37. The summed E-state index contributed by atoms with van der Waals surface area (Å²) in [4.78, 5) is 4.41. The molecule has 1 aliphatic rings. The predicted molar refractivity (Wildman–Crippen MR) is 82.2 cm³/mol. The largest absolute Gasteiger partial charge is 0.497 e. The molecule has 106 valence electrons. The van der Waals surface area contributed by atoms with Crippen molar-refractivity contribution in [3.8, 4) is 6.07 Å². The van der Waals surface area contributed by atoms with Crippen LogP contribution < -0.4 is 5.46 Å². The molecule has 1 saturated heterocycles. The Morgan fingerprint density at radius 1 is 1.05 bits per heavy atom. The van der Waals surface area contributed by atoms with E-state index in [9.17, 15) is 0 Å². The van der Waals surface area contributed by atoms with Crippen LogP contribution in [0.25, 0.3) is 10.9 Å². The van der Waals surface area contributed by atoms with E-state index in [1.54, 1.807) is 6.07 Å². The monoisotopic (exact) mass is 280 g/mol. The summed E-state index contributed by atoms with van der Waals surface area (Å²) in [5.74, 6) is 0. The number of nitriles is 1. The Labute approximate surface area is 124 Å². The zero-order valence-corrected chi connectivity index (χ0v) is 12.7. The van der Waals surface area contributed by atoms with E-state index in [1.165, 1.54) is 0 Å². The maximum Gasteiger partial charge on any atom is 0.497 e. The SMILES string of the molecule is CC1(C)OB(c2cccc3ccc(C#N)nc23)OC1(C)C. The fourth-order valence-electron chi connectivity index (χ4n) is 2.39. The van der Waals surface area contributed by atoms with Crippen molar-refractivity contribution < 1.29 is 9.31 Å². The molecule has 2 heterocycles. The standard InChI is InChI=1S/C16H17BN2O2/c1-15(2)16(3,4)21-17(20-15)13-7-5-6-11-8-9-12(10-18)19-14(11)13/h5-9H,1-4H3. The number of hydrogen-bond acceptors (Lipinski definition) is 4. The van der Waals surface area contributed by atoms with Crippen LogP contribution in [0, 0.1) is 11.3 Å². The van der Waals surface area contributed by atoms with Crippen molar-refractivity contribution in [1.29, 1.82) is 5.26 Å². The number of hydrogen-bond donors (Lipinski definition) is 0. The fourth-order valence-corrected chi connectivity index (χ4v) is 2.39. The van der Waals surface area contributed by atoms with E-state index < -0.39 is 18.3 Å². The Hall–Kier alpha value is -1.90. The third kappa shape index (κ3) is 2.21. The second kappa shape index (κ2) is 4.55. The number of benzene rings is 1. The molecule has 4 nitrogen and oxygen atoms in total. The average Bonchev–Trinajstić information content (AvgIpc) is 2.66. The lowest BCUT2D eigenvalue weighted by atomic mass is 9.77. The predicted octanol–water partition coefficient (Wildman–Crippen LogP) is 2.41. The summed E-state index contributed by atoms with van der Waals surface area (Å²) >= 11 is 0. The van der Waals surface area contributed by atoms with Gasteiger partial charge in [0, 0.05) is 5.46 Å². The van der Waals surface area contributed by atoms with Crippen LogP contribution in [0.2, 0.25) is 0 Å². The molecule has 0 radical (unpaired) electrons. The summed E-state index contributed by atoms with van der Waals surface area (Å²) < 4.78 is 12.2. The minimum atomic E-state index is -0.472. The molecular weight excluding hydrogens is 263 g/mol. The van der Waals surface area contributed by atoms with E-state index >= 15 is 0 Å². The Balaban J connectivity index is 2.12. The molecule has 21 heavy (non-hydrogen) atoms. The molecule has 2 aromatic rings. The van der Waals surface area contributed by atoms with Crippen LogP contribution in [0.4, 0.5) is 0 Å². The maximum atomic E-state index is 9.04. The van der Waals surface area contributed by atoms with Gasteiger partial charge in [-0.3, -0.25) is 0 Å². The summed E-state index contributed by atoms with van der Waals surface area (Å²) in [5.41, 5.74) is 1.23. The van der Waals surface area contributed by atoms with Gasteiger partial charge in [-0.05, 0) is 45.2 Å². The van der Waals surface area contributed by atoms with Gasteiger partial charge in [0.15, 0.2) is 0 Å². The smallest absolute Gasteiger partial charge is 0.399 e. The average molecular weight is 280 g/mol. The van der Waals surface area contributed by atoms with Crippen LogP contribution in [0.15, 0.2) is 30.3 Å². The first-order valence-corrected chi connectivity index (χ1v) is 6.99. The molecule has 0 N–H and O–H groups in total. The summed E-state index contributed by atoms with van der Waals surface area (Å²) in [5, 5.41) is 10.0. The summed E-state index contributed by atoms with van der Waals surface area (Å²) in [7, 11) is -0.472. The fraction of sp³-hybridized carbons (Fsp3) is 0.375. The lowest BCUT2D eigenvalue weighted by Crippen LogP contribution is -2.41. The van der Waals surface area contributed by atoms with Crippen LogP contribution in [0.5, 0.6) is 0 Å². The normalized spacial score (nSPS) is 19.7. The first kappa shape index (κ1) is 14.1. The number of rotatable bonds is 1. The maximum absolute atomic E-state index is 9.04. The molecule has 0 amide bonds. The molecule has 0 aliphatic carbocycles. The van der Waals surface area contributed by atoms with Gasteiger partial charge in [0.25, 0.3) is 0 Å². The molecule has 1 aromatic heterocycles. The van der Waals surface area contributed by atoms with Crippen molar-refractivity contribution in [3.63, 3.8) is 0 Å². The van der Waals surface area contributed by atoms with Crippen molar-refractivity contribution in [3.05, 3.63) is 36.0 Å². The van der Waals surface area contributed by atoms with Crippen LogP contribution in [-0.2, 0) is 9.31 Å². The first-order valence-electron chi connectivity index (χ1n) is 6.99. The Morgan fingerprint density at radius 3 is 2.33 bits per heavy atom. The van der Waals surface area contributed by atoms with Gasteiger partial charge in [0.1, 0.15) is 11.8 Å². The van der Waals surface area contributed by atoms with E-state index in [1.807, 2.05) is 52.0 Å². The summed E-state index contributed by atoms with van der Waals surface area (Å²) in [6, 6.07) is 11.6. The van der Waals surface area contributed by atoms with Crippen molar-refractivity contribution >= 4 is 23.5 Å². The van der Waals surface area contributed by atoms with Crippen molar-refractivity contribution in [2.45, 2.75) is 38.9 Å². The molecule has 1 aliphatic heterocycles. The van der Waals surface area contributed by atoms with Crippen LogP contribution >= 0.6 is 0 Å². The highest BCUT2D eigenvalue weighted by molar-refractivity contribution is 6.64. The number of aromatic nitrogens is 1. The molecule has 0 saturated carbocycles. The summed E-state index contributed by atoms with van der Waals surface area (Å²) in [6.45, 7) is 8.08. The van der Waals surface area contributed by atoms with Crippen molar-refractivity contribution in [2.75, 3.05) is 0 Å². The molecular formula is C16H17BN2O2. The molecule has 0 spiro atoms. The van der Waals surface area contributed by atoms with Crippen molar-refractivity contribution in [1.82, 2.24) is 4.98 Å². The number of fused-ring (bicyclic) bond motifs is 1. The highest BCUT2D eigenvalue weighted by Gasteiger charge is 2.52. The van der Waals surface area contributed by atoms with E-state index in [0.29, 0.717) is 5.69 Å². The van der Waals surface area contributed by atoms with Crippen LogP contribution in [-0.4, -0.2) is 23.3 Å². The van der Waals surface area contributed by atoms with Crippen LogP contribution in [0.3, 0.4) is 0 Å². The summed E-state index contributed by atoms with van der Waals surface area (Å²) in [6.07, 6.45) is 0. The lowest BCUT2D eigenvalue weighted by Gasteiger charge is -2.32. The second-order valence-electron chi connectivity index (χ2n) is 6.32. The van der Waals surface area contributed by atoms with Gasteiger partial charge in [0.2, 0.25) is 0 Å². The van der Waals surface area contributed by atoms with E-state index in [0.717, 1.165) is 16.4 Å². The Morgan fingerprint density at radius 2 is 1.71 bits per heavy atom. The van der Waals surface area contributed by atoms with E-state index in [2.05, 4.69) is 11.1 Å². The van der Waals surface area contributed by atoms with Gasteiger partial charge >= 0.3 is 7.12 Å². The minimum Gasteiger partial charge on any atom is -0.399 e. The van der Waals surface area contributed by atoms with Gasteiger partial charge in [0.05, 0.1) is 16.7 Å². The molecule has 1 fully saturated rings. The Kier molecular flexibility index (Phi) is 3.05. The molecule has 0 bridgehead atoms. The molecule has 1 aromatic carbocycles. The van der Waals surface area contributed by atoms with Gasteiger partial charge in [-0.2, -0.15) is 5.26 Å². The highest BCUT2D eigenvalue weighted by atomic mass is 16.7. The van der Waals surface area contributed by atoms with E-state index in [4.69, 9.17) is 14.6 Å². The zero-order valence-electron chi connectivity index (χ0n) is 12.7. The molecule has 0 unspecified atom stereocenters. The first-order chi connectivity index (χ1) is 9.84. The van der Waals surface area contributed by atoms with Gasteiger partial charge in [-0.15, -0.1) is 0 Å². The second-order valence-corrected chi connectivity index (χ2v) is 6.32. The number of para-hydroxylation sites is 1. The van der Waals surface area contributed by atoms with Gasteiger partial charge < -0.3 is 9.31 Å².